The summed E-state index contributed by atoms with van der Waals surface area (Å²) < 4.78 is 9.67. The molecule has 0 saturated heterocycles. The van der Waals surface area contributed by atoms with Gasteiger partial charge >= 0.3 is 11.9 Å². The largest absolute Gasteiger partial charge is 0.468 e. The summed E-state index contributed by atoms with van der Waals surface area (Å²) in [5, 5.41) is 0. The first-order valence-corrected chi connectivity index (χ1v) is 6.71. The van der Waals surface area contributed by atoms with Crippen molar-refractivity contribution in [1.82, 2.24) is 0 Å². The fourth-order valence-electron chi connectivity index (χ4n) is 2.73. The molecule has 1 aliphatic carbocycles. The van der Waals surface area contributed by atoms with Gasteiger partial charge in [-0.25, -0.2) is 0 Å². The van der Waals surface area contributed by atoms with Crippen molar-refractivity contribution in [2.45, 2.75) is 11.8 Å². The van der Waals surface area contributed by atoms with Crippen LogP contribution >= 0.6 is 0 Å². The minimum absolute atomic E-state index is 0.530. The molecule has 0 amide bonds. The Morgan fingerprint density at radius 3 is 2.14 bits per heavy atom. The number of rotatable bonds is 4. The van der Waals surface area contributed by atoms with Gasteiger partial charge < -0.3 is 9.47 Å². The molecule has 1 aromatic rings. The van der Waals surface area contributed by atoms with Gasteiger partial charge in [-0.2, -0.15) is 0 Å². The van der Waals surface area contributed by atoms with E-state index < -0.39 is 23.3 Å². The van der Waals surface area contributed by atoms with E-state index in [4.69, 9.17) is 9.47 Å². The zero-order chi connectivity index (χ0) is 15.3. The number of hydrogen-bond acceptors (Lipinski definition) is 4. The standard InChI is InChI=1S/C17H18O4/c1-20-15(18)14(16(19)21-2)17(11-7-4-8-12-17)13-9-5-3-6-10-13/h3-11,14H,12H2,1-2H3. The van der Waals surface area contributed by atoms with E-state index in [1.54, 1.807) is 0 Å². The molecule has 1 unspecified atom stereocenters. The van der Waals surface area contributed by atoms with Crippen LogP contribution in [0.25, 0.3) is 0 Å². The van der Waals surface area contributed by atoms with Crippen LogP contribution in [-0.4, -0.2) is 26.2 Å². The van der Waals surface area contributed by atoms with E-state index in [2.05, 4.69) is 0 Å². The van der Waals surface area contributed by atoms with Gasteiger partial charge in [0.15, 0.2) is 5.92 Å². The summed E-state index contributed by atoms with van der Waals surface area (Å²) in [6.07, 6.45) is 8.08. The summed E-state index contributed by atoms with van der Waals surface area (Å²) in [6, 6.07) is 9.47. The summed E-state index contributed by atoms with van der Waals surface area (Å²) in [4.78, 5) is 24.4. The van der Waals surface area contributed by atoms with Gasteiger partial charge in [-0.1, -0.05) is 54.6 Å². The van der Waals surface area contributed by atoms with Gasteiger partial charge in [0.05, 0.1) is 14.2 Å². The average Bonchev–Trinajstić information content (AvgIpc) is 2.56. The van der Waals surface area contributed by atoms with E-state index >= 15 is 0 Å². The molecule has 1 aromatic carbocycles. The van der Waals surface area contributed by atoms with Crippen LogP contribution in [0, 0.1) is 5.92 Å². The molecule has 0 N–H and O–H groups in total. The zero-order valence-electron chi connectivity index (χ0n) is 12.1. The first kappa shape index (κ1) is 15.0. The van der Waals surface area contributed by atoms with Crippen LogP contribution in [-0.2, 0) is 24.5 Å². The second-order valence-electron chi connectivity index (χ2n) is 4.88. The van der Waals surface area contributed by atoms with E-state index in [0.29, 0.717) is 6.42 Å². The van der Waals surface area contributed by atoms with Crippen molar-refractivity contribution in [1.29, 1.82) is 0 Å². The Morgan fingerprint density at radius 1 is 1.05 bits per heavy atom. The third-order valence-corrected chi connectivity index (χ3v) is 3.80. The van der Waals surface area contributed by atoms with Crippen LogP contribution in [0.1, 0.15) is 12.0 Å². The van der Waals surface area contributed by atoms with Crippen LogP contribution in [0.2, 0.25) is 0 Å². The lowest BCUT2D eigenvalue weighted by molar-refractivity contribution is -0.161. The number of carbonyl (C=O) groups excluding carboxylic acids is 2. The Bertz CT molecular complexity index is 558. The Morgan fingerprint density at radius 2 is 1.67 bits per heavy atom. The normalized spacial score (nSPS) is 20.3. The second kappa shape index (κ2) is 6.39. The number of methoxy groups -OCH3 is 2. The van der Waals surface area contributed by atoms with Crippen LogP contribution in [0.4, 0.5) is 0 Å². The van der Waals surface area contributed by atoms with Gasteiger partial charge in [0.2, 0.25) is 0 Å². The summed E-state index contributed by atoms with van der Waals surface area (Å²) in [7, 11) is 2.55. The van der Waals surface area contributed by atoms with E-state index in [1.807, 2.05) is 54.6 Å². The third kappa shape index (κ3) is 2.75. The van der Waals surface area contributed by atoms with Gasteiger partial charge in [0, 0.05) is 5.41 Å². The average molecular weight is 286 g/mol. The number of esters is 2. The highest BCUT2D eigenvalue weighted by Gasteiger charge is 2.48. The summed E-state index contributed by atoms with van der Waals surface area (Å²) in [5.41, 5.74) is 0.0994. The van der Waals surface area contributed by atoms with Crippen molar-refractivity contribution in [2.24, 2.45) is 5.92 Å². The highest BCUT2D eigenvalue weighted by molar-refractivity contribution is 5.97. The van der Waals surface area contributed by atoms with Crippen molar-refractivity contribution in [3.05, 3.63) is 60.2 Å². The molecular formula is C17H18O4. The van der Waals surface area contributed by atoms with Crippen molar-refractivity contribution in [3.8, 4) is 0 Å². The van der Waals surface area contributed by atoms with Gasteiger partial charge in [-0.05, 0) is 12.0 Å². The fraction of sp³-hybridized carbons (Fsp3) is 0.294. The SMILES string of the molecule is COC(=O)C(C(=O)OC)C1(c2ccccc2)C=CC=CC1. The molecule has 0 bridgehead atoms. The third-order valence-electron chi connectivity index (χ3n) is 3.80. The number of allylic oxidation sites excluding steroid dienone is 4. The molecular weight excluding hydrogens is 268 g/mol. The summed E-state index contributed by atoms with van der Waals surface area (Å²) in [6.45, 7) is 0. The van der Waals surface area contributed by atoms with Crippen LogP contribution in [0.15, 0.2) is 54.6 Å². The van der Waals surface area contributed by atoms with Gasteiger partial charge in [0.25, 0.3) is 0 Å². The van der Waals surface area contributed by atoms with Gasteiger partial charge in [0.1, 0.15) is 0 Å². The van der Waals surface area contributed by atoms with E-state index in [-0.39, 0.29) is 0 Å². The van der Waals surface area contributed by atoms with E-state index in [1.165, 1.54) is 14.2 Å². The smallest absolute Gasteiger partial charge is 0.321 e. The molecule has 4 heteroatoms. The summed E-state index contributed by atoms with van der Waals surface area (Å²) in [5.74, 6) is -2.22. The molecule has 1 aliphatic rings. The van der Waals surface area contributed by atoms with E-state index in [0.717, 1.165) is 5.56 Å². The lowest BCUT2D eigenvalue weighted by atomic mass is 9.66. The maximum Gasteiger partial charge on any atom is 0.321 e. The zero-order valence-corrected chi connectivity index (χ0v) is 12.1. The molecule has 110 valence electrons. The topological polar surface area (TPSA) is 52.6 Å². The van der Waals surface area contributed by atoms with Crippen molar-refractivity contribution < 1.29 is 19.1 Å². The molecule has 0 saturated carbocycles. The van der Waals surface area contributed by atoms with Crippen LogP contribution in [0.3, 0.4) is 0 Å². The van der Waals surface area contributed by atoms with Crippen LogP contribution in [0.5, 0.6) is 0 Å². The fourth-order valence-corrected chi connectivity index (χ4v) is 2.73. The maximum atomic E-state index is 12.2. The molecule has 0 fully saturated rings. The van der Waals surface area contributed by atoms with Gasteiger partial charge in [-0.15, -0.1) is 0 Å². The highest BCUT2D eigenvalue weighted by atomic mass is 16.5. The number of hydrogen-bond donors (Lipinski definition) is 0. The highest BCUT2D eigenvalue weighted by Crippen LogP contribution is 2.41. The predicted molar refractivity (Wildman–Crippen MR) is 78.5 cm³/mol. The number of ether oxygens (including phenoxy) is 2. The molecule has 0 spiro atoms. The van der Waals surface area contributed by atoms with Gasteiger partial charge in [-0.3, -0.25) is 9.59 Å². The van der Waals surface area contributed by atoms with Crippen molar-refractivity contribution in [3.63, 3.8) is 0 Å². The van der Waals surface area contributed by atoms with Crippen LogP contribution < -0.4 is 0 Å². The van der Waals surface area contributed by atoms with Crippen molar-refractivity contribution in [2.75, 3.05) is 14.2 Å². The minimum atomic E-state index is -1.03. The monoisotopic (exact) mass is 286 g/mol. The Hall–Kier alpha value is -2.36. The summed E-state index contributed by atoms with van der Waals surface area (Å²) >= 11 is 0. The molecule has 0 heterocycles. The Kier molecular flexibility index (Phi) is 4.58. The quantitative estimate of drug-likeness (QED) is 0.630. The van der Waals surface area contributed by atoms with E-state index in [9.17, 15) is 9.59 Å². The lowest BCUT2D eigenvalue weighted by Crippen LogP contribution is -2.44. The molecule has 4 nitrogen and oxygen atoms in total. The second-order valence-corrected chi connectivity index (χ2v) is 4.88. The lowest BCUT2D eigenvalue weighted by Gasteiger charge is -2.36. The Labute approximate surface area is 124 Å². The first-order chi connectivity index (χ1) is 10.2. The molecule has 21 heavy (non-hydrogen) atoms. The molecule has 0 radical (unpaired) electrons. The Balaban J connectivity index is 2.58. The maximum absolute atomic E-state index is 12.2. The molecule has 2 rings (SSSR count). The minimum Gasteiger partial charge on any atom is -0.468 e. The first-order valence-electron chi connectivity index (χ1n) is 6.71. The molecule has 1 atom stereocenters. The number of benzene rings is 1. The molecule has 0 aliphatic heterocycles. The van der Waals surface area contributed by atoms with Crippen molar-refractivity contribution >= 4 is 11.9 Å². The molecule has 0 aromatic heterocycles. The number of carbonyl (C=O) groups is 2. The predicted octanol–water partition coefficient (Wildman–Crippen LogP) is 2.40.